The molecule has 166 valence electrons. The summed E-state index contributed by atoms with van der Waals surface area (Å²) in [6.45, 7) is 8.19. The molecule has 0 radical (unpaired) electrons. The second-order valence-corrected chi connectivity index (χ2v) is 7.71. The van der Waals surface area contributed by atoms with Crippen LogP contribution >= 0.6 is 11.6 Å². The van der Waals surface area contributed by atoms with Gasteiger partial charge in [-0.15, -0.1) is 6.58 Å². The second kappa shape index (κ2) is 9.06. The molecule has 7 nitrogen and oxygen atoms in total. The quantitative estimate of drug-likeness (QED) is 0.481. The van der Waals surface area contributed by atoms with Crippen molar-refractivity contribution in [3.63, 3.8) is 0 Å². The molecule has 0 amide bonds. The van der Waals surface area contributed by atoms with Crippen molar-refractivity contribution in [2.24, 2.45) is 9.98 Å². The molecule has 2 heterocycles. The van der Waals surface area contributed by atoms with Gasteiger partial charge in [0.15, 0.2) is 23.6 Å². The Kier molecular flexibility index (Phi) is 6.21. The summed E-state index contributed by atoms with van der Waals surface area (Å²) in [6.07, 6.45) is 1.35. The van der Waals surface area contributed by atoms with Gasteiger partial charge in [-0.2, -0.15) is 0 Å². The van der Waals surface area contributed by atoms with Gasteiger partial charge in [-0.05, 0) is 26.0 Å². The SMILES string of the molecule is C=CCN1NC(C)=C2N=C(c3ccccc3Cl)c3cc(OC)c(OC(C)OC)cc3N=C21. The van der Waals surface area contributed by atoms with Gasteiger partial charge < -0.3 is 14.2 Å². The van der Waals surface area contributed by atoms with Crippen LogP contribution < -0.4 is 14.9 Å². The number of hydrogen-bond acceptors (Lipinski definition) is 7. The van der Waals surface area contributed by atoms with Gasteiger partial charge in [-0.3, -0.25) is 10.4 Å². The summed E-state index contributed by atoms with van der Waals surface area (Å²) in [7, 11) is 3.18. The molecule has 0 aromatic heterocycles. The van der Waals surface area contributed by atoms with Crippen molar-refractivity contribution in [1.29, 1.82) is 0 Å². The number of methoxy groups -OCH3 is 2. The summed E-state index contributed by atoms with van der Waals surface area (Å²) in [5.74, 6) is 1.77. The maximum absolute atomic E-state index is 6.58. The minimum absolute atomic E-state index is 0.458. The van der Waals surface area contributed by atoms with Crippen molar-refractivity contribution in [1.82, 2.24) is 10.4 Å². The minimum Gasteiger partial charge on any atom is -0.493 e. The number of halogens is 1. The van der Waals surface area contributed by atoms with Crippen molar-refractivity contribution in [3.05, 3.63) is 76.6 Å². The average Bonchev–Trinajstić information content (AvgIpc) is 2.97. The van der Waals surface area contributed by atoms with E-state index in [0.717, 1.165) is 22.5 Å². The van der Waals surface area contributed by atoms with Crippen molar-refractivity contribution in [3.8, 4) is 11.5 Å². The molecule has 2 aliphatic rings. The lowest BCUT2D eigenvalue weighted by Crippen LogP contribution is -2.35. The van der Waals surface area contributed by atoms with E-state index in [1.807, 2.05) is 55.3 Å². The summed E-state index contributed by atoms with van der Waals surface area (Å²) >= 11 is 6.58. The lowest BCUT2D eigenvalue weighted by molar-refractivity contribution is -0.0394. The van der Waals surface area contributed by atoms with E-state index in [1.54, 1.807) is 20.3 Å². The third-order valence-corrected chi connectivity index (χ3v) is 5.51. The van der Waals surface area contributed by atoms with Gasteiger partial charge in [0.05, 0.1) is 30.8 Å². The molecule has 0 aliphatic carbocycles. The normalized spacial score (nSPS) is 15.7. The first-order valence-electron chi connectivity index (χ1n) is 10.2. The van der Waals surface area contributed by atoms with Crippen molar-refractivity contribution < 1.29 is 14.2 Å². The number of rotatable bonds is 7. The van der Waals surface area contributed by atoms with E-state index in [1.165, 1.54) is 0 Å². The van der Waals surface area contributed by atoms with E-state index in [0.29, 0.717) is 40.3 Å². The van der Waals surface area contributed by atoms with Crippen molar-refractivity contribution in [2.45, 2.75) is 20.1 Å². The number of amidine groups is 1. The summed E-state index contributed by atoms with van der Waals surface area (Å²) in [5, 5.41) is 2.50. The van der Waals surface area contributed by atoms with Crippen molar-refractivity contribution in [2.75, 3.05) is 20.8 Å². The number of benzene rings is 2. The Bertz CT molecular complexity index is 1160. The number of nitrogens with one attached hydrogen (secondary N) is 1. The number of hydrazine groups is 1. The van der Waals surface area contributed by atoms with Crippen LogP contribution in [0, 0.1) is 0 Å². The Morgan fingerprint density at radius 3 is 2.62 bits per heavy atom. The molecule has 0 saturated heterocycles. The molecule has 0 saturated carbocycles. The number of hydrogen-bond donors (Lipinski definition) is 1. The number of aliphatic imine (C=N–C) groups is 2. The van der Waals surface area contributed by atoms with Crippen LogP contribution in [-0.2, 0) is 4.74 Å². The predicted molar refractivity (Wildman–Crippen MR) is 127 cm³/mol. The Hall–Kier alpha value is -3.29. The maximum atomic E-state index is 6.58. The fraction of sp³-hybridized carbons (Fsp3) is 0.250. The van der Waals surface area contributed by atoms with Gasteiger partial charge in [-0.25, -0.2) is 9.98 Å². The van der Waals surface area contributed by atoms with Crippen LogP contribution in [0.1, 0.15) is 25.0 Å². The summed E-state index contributed by atoms with van der Waals surface area (Å²) in [5.41, 5.74) is 7.91. The van der Waals surface area contributed by atoms with Crippen molar-refractivity contribution >= 4 is 28.8 Å². The first kappa shape index (κ1) is 21.9. The van der Waals surface area contributed by atoms with E-state index in [9.17, 15) is 0 Å². The molecule has 2 aromatic rings. The van der Waals surface area contributed by atoms with Crippen LogP contribution in [0.5, 0.6) is 11.5 Å². The molecule has 0 bridgehead atoms. The zero-order valence-electron chi connectivity index (χ0n) is 18.5. The Morgan fingerprint density at radius 2 is 1.94 bits per heavy atom. The van der Waals surface area contributed by atoms with Crippen LogP contribution in [-0.4, -0.2) is 43.6 Å². The highest BCUT2D eigenvalue weighted by molar-refractivity contribution is 6.36. The Balaban J connectivity index is 1.98. The molecule has 1 unspecified atom stereocenters. The fourth-order valence-electron chi connectivity index (χ4n) is 3.57. The molecule has 8 heteroatoms. The van der Waals surface area contributed by atoms with Gasteiger partial charge in [-0.1, -0.05) is 35.9 Å². The molecular weight excluding hydrogens is 428 g/mol. The van der Waals surface area contributed by atoms with Crippen LogP contribution in [0.4, 0.5) is 5.69 Å². The number of fused-ring (bicyclic) bond motifs is 2. The molecule has 2 aliphatic heterocycles. The first-order chi connectivity index (χ1) is 15.5. The Labute approximate surface area is 192 Å². The van der Waals surface area contributed by atoms with E-state index >= 15 is 0 Å². The first-order valence-corrected chi connectivity index (χ1v) is 10.5. The van der Waals surface area contributed by atoms with Crippen LogP contribution in [0.25, 0.3) is 0 Å². The molecule has 32 heavy (non-hydrogen) atoms. The highest BCUT2D eigenvalue weighted by Crippen LogP contribution is 2.40. The topological polar surface area (TPSA) is 67.7 Å². The summed E-state index contributed by atoms with van der Waals surface area (Å²) < 4.78 is 16.8. The number of allylic oxidation sites excluding steroid dienone is 1. The molecular formula is C24H25ClN4O3. The smallest absolute Gasteiger partial charge is 0.196 e. The zero-order chi connectivity index (χ0) is 22.8. The van der Waals surface area contributed by atoms with Gasteiger partial charge in [0, 0.05) is 29.3 Å². The Morgan fingerprint density at radius 1 is 1.16 bits per heavy atom. The maximum Gasteiger partial charge on any atom is 0.196 e. The van der Waals surface area contributed by atoms with E-state index in [2.05, 4.69) is 12.0 Å². The minimum atomic E-state index is -0.458. The van der Waals surface area contributed by atoms with E-state index in [4.69, 9.17) is 35.8 Å². The van der Waals surface area contributed by atoms with Crippen LogP contribution in [0.2, 0.25) is 5.02 Å². The lowest BCUT2D eigenvalue weighted by atomic mass is 9.99. The standard InChI is InChI=1S/C24H25ClN4O3/c1-6-11-29-24-22(14(2)28-29)27-23(16-9-7-8-10-18(16)25)17-12-20(31-5)21(13-19(17)26-24)32-15(3)30-4/h6-10,12-13,15,28H,1,11H2,2-5H3. The highest BCUT2D eigenvalue weighted by Gasteiger charge is 2.31. The van der Waals surface area contributed by atoms with Crippen LogP contribution in [0.15, 0.2) is 70.4 Å². The highest BCUT2D eigenvalue weighted by atomic mass is 35.5. The van der Waals surface area contributed by atoms with E-state index < -0.39 is 6.29 Å². The lowest BCUT2D eigenvalue weighted by Gasteiger charge is -2.19. The zero-order valence-corrected chi connectivity index (χ0v) is 19.2. The number of nitrogens with zero attached hydrogens (tertiary/aromatic N) is 3. The monoisotopic (exact) mass is 452 g/mol. The molecule has 4 rings (SSSR count). The molecule has 0 fully saturated rings. The van der Waals surface area contributed by atoms with Gasteiger partial charge in [0.2, 0.25) is 0 Å². The molecule has 1 atom stereocenters. The summed E-state index contributed by atoms with van der Waals surface area (Å²) in [4.78, 5) is 9.99. The third-order valence-electron chi connectivity index (χ3n) is 5.18. The van der Waals surface area contributed by atoms with Gasteiger partial charge in [0.25, 0.3) is 0 Å². The fourth-order valence-corrected chi connectivity index (χ4v) is 3.79. The summed E-state index contributed by atoms with van der Waals surface area (Å²) in [6, 6.07) is 11.3. The average molecular weight is 453 g/mol. The molecule has 1 N–H and O–H groups in total. The molecule has 2 aromatic carbocycles. The predicted octanol–water partition coefficient (Wildman–Crippen LogP) is 4.84. The largest absolute Gasteiger partial charge is 0.493 e. The van der Waals surface area contributed by atoms with Crippen LogP contribution in [0.3, 0.4) is 0 Å². The van der Waals surface area contributed by atoms with Gasteiger partial charge in [0.1, 0.15) is 5.70 Å². The van der Waals surface area contributed by atoms with Gasteiger partial charge >= 0.3 is 0 Å². The van der Waals surface area contributed by atoms with E-state index in [-0.39, 0.29) is 0 Å². The second-order valence-electron chi connectivity index (χ2n) is 7.30. The molecule has 0 spiro atoms. The number of ether oxygens (including phenoxy) is 3. The third kappa shape index (κ3) is 3.97.